The Labute approximate surface area is 264 Å². The first-order valence-electron chi connectivity index (χ1n) is 14.6. The Kier molecular flexibility index (Phi) is 9.54. The molecule has 0 saturated carbocycles. The van der Waals surface area contributed by atoms with Gasteiger partial charge in [-0.05, 0) is 36.5 Å². The van der Waals surface area contributed by atoms with Gasteiger partial charge in [0.2, 0.25) is 17.7 Å². The number of amides is 1. The van der Waals surface area contributed by atoms with Crippen molar-refractivity contribution in [2.45, 2.75) is 50.3 Å². The Morgan fingerprint density at radius 3 is 2.72 bits per heavy atom. The number of carbonyl (C=O) groups excluding carboxylic acids is 1. The number of nitrogens with one attached hydrogen (secondary N) is 1. The minimum Gasteiger partial charge on any atom is -0.479 e. The number of nitrogen functional groups attached to an aromatic ring is 1. The molecular formula is C29H32BFN6O8P+. The monoisotopic (exact) mass is 653 g/mol. The number of ether oxygens (including phenoxy) is 2. The van der Waals surface area contributed by atoms with E-state index < -0.39 is 39.4 Å². The third kappa shape index (κ3) is 6.72. The van der Waals surface area contributed by atoms with Gasteiger partial charge in [0.05, 0.1) is 13.4 Å². The normalized spacial score (nSPS) is 22.6. The topological polar surface area (TPSA) is 171 Å². The van der Waals surface area contributed by atoms with Crippen LogP contribution in [0.1, 0.15) is 31.6 Å². The lowest BCUT2D eigenvalue weighted by molar-refractivity contribution is -0.121. The summed E-state index contributed by atoms with van der Waals surface area (Å²) in [6, 6.07) is 15.3. The van der Waals surface area contributed by atoms with Crippen molar-refractivity contribution in [1.29, 1.82) is 0 Å². The molecular weight excluding hydrogens is 621 g/mol. The third-order valence-electron chi connectivity index (χ3n) is 7.74. The molecule has 0 spiro atoms. The number of methoxy groups -OCH3 is 1. The zero-order chi connectivity index (χ0) is 32.3. The van der Waals surface area contributed by atoms with E-state index in [-0.39, 0.29) is 49.7 Å². The van der Waals surface area contributed by atoms with E-state index in [1.807, 2.05) is 37.3 Å². The fourth-order valence-electron chi connectivity index (χ4n) is 5.50. The molecule has 3 N–H and O–H groups in total. The standard InChI is InChI=1S/C29H31BFN6O8P/c1-29-24(44-30(45-29)19-7-4-3-5-8-19)21(43-27(29)37-17-34-23-25(37)35-28(32)36-26(23)40-2)16-42-46(39)41-14-6-9-22(38)33-15-18-10-12-20(31)13-11-18/h3-5,7-8,10-13,17,21,24,27H,6,9,14-16H2,1-2H3,(H2-,32,33,35,36,38)/p+1/t21-,24-,27?,29-/m1/s1. The van der Waals surface area contributed by atoms with Crippen molar-refractivity contribution < 1.29 is 41.6 Å². The fourth-order valence-corrected chi connectivity index (χ4v) is 6.12. The summed E-state index contributed by atoms with van der Waals surface area (Å²) in [5.41, 5.74) is 7.25. The van der Waals surface area contributed by atoms with Crippen LogP contribution < -0.4 is 21.3 Å². The van der Waals surface area contributed by atoms with Crippen molar-refractivity contribution >= 4 is 43.9 Å². The summed E-state index contributed by atoms with van der Waals surface area (Å²) in [6.07, 6.45) is -0.147. The number of hydrogen-bond donors (Lipinski definition) is 2. The number of imidazole rings is 1. The van der Waals surface area contributed by atoms with Crippen LogP contribution in [0.25, 0.3) is 11.2 Å². The number of nitrogens with zero attached hydrogens (tertiary/aromatic N) is 4. The Morgan fingerprint density at radius 2 is 1.96 bits per heavy atom. The molecule has 4 aromatic rings. The van der Waals surface area contributed by atoms with Crippen molar-refractivity contribution in [3.05, 3.63) is 72.3 Å². The Morgan fingerprint density at radius 1 is 1.17 bits per heavy atom. The van der Waals surface area contributed by atoms with Gasteiger partial charge in [0, 0.05) is 17.5 Å². The van der Waals surface area contributed by atoms with Gasteiger partial charge in [-0.25, -0.2) is 9.37 Å². The molecule has 2 unspecified atom stereocenters. The predicted molar refractivity (Wildman–Crippen MR) is 163 cm³/mol. The molecule has 5 atom stereocenters. The van der Waals surface area contributed by atoms with E-state index in [1.165, 1.54) is 25.6 Å². The molecule has 2 aromatic carbocycles. The number of hydrogen-bond acceptors (Lipinski definition) is 12. The third-order valence-corrected chi connectivity index (χ3v) is 8.50. The number of fused-ring (bicyclic) bond motifs is 2. The van der Waals surface area contributed by atoms with E-state index in [9.17, 15) is 13.8 Å². The minimum absolute atomic E-state index is 0.00376. The molecule has 240 valence electrons. The van der Waals surface area contributed by atoms with Crippen LogP contribution in [-0.4, -0.2) is 70.7 Å². The summed E-state index contributed by atoms with van der Waals surface area (Å²) >= 11 is 0. The highest BCUT2D eigenvalue weighted by Crippen LogP contribution is 2.48. The van der Waals surface area contributed by atoms with E-state index in [1.54, 1.807) is 16.7 Å². The maximum absolute atomic E-state index is 13.0. The van der Waals surface area contributed by atoms with Crippen LogP contribution in [0.3, 0.4) is 0 Å². The van der Waals surface area contributed by atoms with E-state index in [0.717, 1.165) is 11.0 Å². The Bertz CT molecular complexity index is 1700. The summed E-state index contributed by atoms with van der Waals surface area (Å²) in [6.45, 7) is 2.03. The van der Waals surface area contributed by atoms with Gasteiger partial charge in [-0.1, -0.05) is 42.5 Å². The number of benzene rings is 2. The molecule has 0 radical (unpaired) electrons. The van der Waals surface area contributed by atoms with Crippen LogP contribution in [0.5, 0.6) is 5.88 Å². The van der Waals surface area contributed by atoms with Crippen molar-refractivity contribution in [2.24, 2.45) is 0 Å². The van der Waals surface area contributed by atoms with Crippen LogP contribution in [0, 0.1) is 5.82 Å². The molecule has 17 heteroatoms. The highest BCUT2D eigenvalue weighted by Gasteiger charge is 2.64. The number of nitrogens with two attached hydrogens (primary N) is 1. The molecule has 6 rings (SSSR count). The maximum Gasteiger partial charge on any atom is 0.697 e. The van der Waals surface area contributed by atoms with E-state index >= 15 is 0 Å². The summed E-state index contributed by atoms with van der Waals surface area (Å²) in [4.78, 5) is 25.0. The van der Waals surface area contributed by atoms with Gasteiger partial charge in [-0.15, -0.1) is 9.05 Å². The first-order valence-corrected chi connectivity index (χ1v) is 15.7. The van der Waals surface area contributed by atoms with Gasteiger partial charge >= 0.3 is 15.4 Å². The van der Waals surface area contributed by atoms with Gasteiger partial charge in [0.1, 0.15) is 36.8 Å². The first-order chi connectivity index (χ1) is 22.2. The largest absolute Gasteiger partial charge is 0.697 e. The Balaban J connectivity index is 1.08. The smallest absolute Gasteiger partial charge is 0.479 e. The molecule has 1 amide bonds. The summed E-state index contributed by atoms with van der Waals surface area (Å²) in [5, 5.41) is 2.75. The van der Waals surface area contributed by atoms with Crippen LogP contribution in [0.15, 0.2) is 60.9 Å². The zero-order valence-corrected chi connectivity index (χ0v) is 26.0. The fraction of sp³-hybridized carbons (Fsp3) is 0.379. The average molecular weight is 653 g/mol. The second-order valence-corrected chi connectivity index (χ2v) is 11.9. The minimum atomic E-state index is -2.53. The Hall–Kier alpha value is -4.05. The average Bonchev–Trinajstić information content (AvgIpc) is 3.71. The molecule has 0 aliphatic carbocycles. The van der Waals surface area contributed by atoms with E-state index in [2.05, 4.69) is 20.3 Å². The molecule has 2 aliphatic heterocycles. The predicted octanol–water partition coefficient (Wildman–Crippen LogP) is 2.81. The van der Waals surface area contributed by atoms with Gasteiger partial charge in [0.15, 0.2) is 17.4 Å². The van der Waals surface area contributed by atoms with Crippen LogP contribution in [0.2, 0.25) is 0 Å². The van der Waals surface area contributed by atoms with Crippen LogP contribution in [0.4, 0.5) is 10.3 Å². The van der Waals surface area contributed by atoms with Gasteiger partial charge in [0.25, 0.3) is 0 Å². The molecule has 0 bridgehead atoms. The number of anilines is 1. The van der Waals surface area contributed by atoms with E-state index in [4.69, 9.17) is 33.6 Å². The molecule has 2 aromatic heterocycles. The van der Waals surface area contributed by atoms with Crippen LogP contribution >= 0.6 is 8.25 Å². The van der Waals surface area contributed by atoms with Gasteiger partial charge in [-0.2, -0.15) is 9.97 Å². The number of rotatable bonds is 13. The summed E-state index contributed by atoms with van der Waals surface area (Å²) in [7, 11) is -1.77. The molecule has 2 fully saturated rings. The molecule has 14 nitrogen and oxygen atoms in total. The summed E-state index contributed by atoms with van der Waals surface area (Å²) in [5.74, 6) is -0.343. The quantitative estimate of drug-likeness (QED) is 0.123. The number of carbonyl (C=O) groups is 1. The lowest BCUT2D eigenvalue weighted by Crippen LogP contribution is -2.42. The number of aromatic nitrogens is 4. The zero-order valence-electron chi connectivity index (χ0n) is 25.1. The highest BCUT2D eigenvalue weighted by molar-refractivity contribution is 7.33. The first kappa shape index (κ1) is 31.9. The summed E-state index contributed by atoms with van der Waals surface area (Å²) < 4.78 is 62.9. The van der Waals surface area contributed by atoms with Crippen LogP contribution in [-0.2, 0) is 39.0 Å². The molecule has 46 heavy (non-hydrogen) atoms. The highest BCUT2D eigenvalue weighted by atomic mass is 31.1. The second kappa shape index (κ2) is 13.8. The van der Waals surface area contributed by atoms with E-state index in [0.29, 0.717) is 17.6 Å². The maximum atomic E-state index is 13.0. The molecule has 4 heterocycles. The second-order valence-electron chi connectivity index (χ2n) is 10.9. The number of halogens is 1. The molecule has 2 aliphatic rings. The van der Waals surface area contributed by atoms with Gasteiger partial charge in [-0.3, -0.25) is 9.36 Å². The lowest BCUT2D eigenvalue weighted by atomic mass is 9.79. The SMILES string of the molecule is COc1nc(N)nc2c1ncn2C1O[C@H](CO[P+](=O)OCCCC(=O)NCc2ccc(F)cc2)[C@H]2OB(c3ccccc3)O[C@@]12C. The van der Waals surface area contributed by atoms with Gasteiger partial charge < -0.3 is 29.8 Å². The molecule has 2 saturated heterocycles. The van der Waals surface area contributed by atoms with Crippen molar-refractivity contribution in [2.75, 3.05) is 26.1 Å². The van der Waals surface area contributed by atoms with Crippen molar-refractivity contribution in [3.63, 3.8) is 0 Å². The van der Waals surface area contributed by atoms with Crippen molar-refractivity contribution in [3.8, 4) is 5.88 Å². The van der Waals surface area contributed by atoms with Crippen molar-refractivity contribution in [1.82, 2.24) is 24.8 Å². The lowest BCUT2D eigenvalue weighted by Gasteiger charge is -2.29.